The van der Waals surface area contributed by atoms with Crippen LogP contribution in [0.1, 0.15) is 25.7 Å². The Morgan fingerprint density at radius 3 is 2.83 bits per heavy atom. The van der Waals surface area contributed by atoms with E-state index in [2.05, 4.69) is 15.2 Å². The Balaban J connectivity index is 1.45. The summed E-state index contributed by atoms with van der Waals surface area (Å²) in [6.07, 6.45) is 6.05. The third-order valence-corrected chi connectivity index (χ3v) is 6.51. The summed E-state index contributed by atoms with van der Waals surface area (Å²) < 4.78 is 16.3. The lowest BCUT2D eigenvalue weighted by Crippen LogP contribution is -2.46. The molecule has 0 spiro atoms. The number of fused-ring (bicyclic) bond motifs is 3. The minimum atomic E-state index is -0.850. The fourth-order valence-electron chi connectivity index (χ4n) is 4.90. The number of hydrogen-bond acceptors (Lipinski definition) is 5. The molecule has 2 fully saturated rings. The molecule has 0 amide bonds. The summed E-state index contributed by atoms with van der Waals surface area (Å²) in [6.45, 7) is 0. The number of H-pyrrole nitrogens is 1. The van der Waals surface area contributed by atoms with Crippen molar-refractivity contribution in [1.29, 1.82) is 0 Å². The fourth-order valence-corrected chi connectivity index (χ4v) is 4.90. The van der Waals surface area contributed by atoms with Crippen molar-refractivity contribution in [3.05, 3.63) is 57.2 Å². The van der Waals surface area contributed by atoms with E-state index in [0.29, 0.717) is 28.6 Å². The van der Waals surface area contributed by atoms with E-state index < -0.39 is 6.17 Å². The number of nitrogens with zero attached hydrogens (tertiary/aromatic N) is 4. The molecule has 3 heterocycles. The zero-order valence-electron chi connectivity index (χ0n) is 16.1. The number of hydrogen-bond donors (Lipinski definition) is 1. The Labute approximate surface area is 166 Å². The SMILES string of the molecule is CN(c1ccc(-c2cn3c(=O)cc[nH]c3cc2=O)nn1)[C@H]1C[C@@H]2CC[C@@H](C2)[C@H]1F. The maximum Gasteiger partial charge on any atom is 0.257 e. The summed E-state index contributed by atoms with van der Waals surface area (Å²) >= 11 is 0. The number of aromatic amines is 1. The number of aromatic nitrogens is 4. The van der Waals surface area contributed by atoms with E-state index in [1.54, 1.807) is 12.1 Å². The Hall–Kier alpha value is -3.03. The Bertz CT molecular complexity index is 1170. The van der Waals surface area contributed by atoms with Crippen LogP contribution in [0.25, 0.3) is 16.9 Å². The van der Waals surface area contributed by atoms with Crippen LogP contribution in [0.15, 0.2) is 46.2 Å². The Kier molecular flexibility index (Phi) is 4.22. The highest BCUT2D eigenvalue weighted by Gasteiger charge is 2.44. The number of anilines is 1. The van der Waals surface area contributed by atoms with Gasteiger partial charge in [-0.05, 0) is 49.7 Å². The molecule has 4 atom stereocenters. The summed E-state index contributed by atoms with van der Waals surface area (Å²) in [7, 11) is 1.86. The van der Waals surface area contributed by atoms with E-state index >= 15 is 0 Å². The topological polar surface area (TPSA) is 83.4 Å². The van der Waals surface area contributed by atoms with Crippen molar-refractivity contribution in [3.8, 4) is 11.3 Å². The number of alkyl halides is 1. The molecule has 5 rings (SSSR count). The zero-order valence-corrected chi connectivity index (χ0v) is 16.1. The van der Waals surface area contributed by atoms with Gasteiger partial charge in [0.2, 0.25) is 0 Å². The smallest absolute Gasteiger partial charge is 0.257 e. The Morgan fingerprint density at radius 1 is 1.17 bits per heavy atom. The first-order valence-corrected chi connectivity index (χ1v) is 9.96. The highest BCUT2D eigenvalue weighted by atomic mass is 19.1. The van der Waals surface area contributed by atoms with Gasteiger partial charge >= 0.3 is 0 Å². The molecule has 0 saturated heterocycles. The molecule has 0 aliphatic heterocycles. The van der Waals surface area contributed by atoms with Gasteiger partial charge in [-0.25, -0.2) is 4.39 Å². The van der Waals surface area contributed by atoms with Gasteiger partial charge in [0, 0.05) is 31.6 Å². The minimum absolute atomic E-state index is 0.157. The summed E-state index contributed by atoms with van der Waals surface area (Å²) in [4.78, 5) is 29.3. The Morgan fingerprint density at radius 2 is 2.03 bits per heavy atom. The monoisotopic (exact) mass is 395 g/mol. The first-order chi connectivity index (χ1) is 14.0. The molecular formula is C21H22FN5O2. The maximum atomic E-state index is 14.9. The summed E-state index contributed by atoms with van der Waals surface area (Å²) in [6, 6.07) is 6.02. The molecule has 3 aromatic heterocycles. The largest absolute Gasteiger partial charge is 0.352 e. The minimum Gasteiger partial charge on any atom is -0.352 e. The fraction of sp³-hybridized carbons (Fsp3) is 0.429. The molecule has 8 heteroatoms. The van der Waals surface area contributed by atoms with Crippen molar-refractivity contribution in [2.75, 3.05) is 11.9 Å². The first-order valence-electron chi connectivity index (χ1n) is 9.96. The van der Waals surface area contributed by atoms with Crippen molar-refractivity contribution in [2.24, 2.45) is 11.8 Å². The third kappa shape index (κ3) is 3.03. The second-order valence-electron chi connectivity index (χ2n) is 8.20. The van der Waals surface area contributed by atoms with Gasteiger partial charge in [-0.15, -0.1) is 10.2 Å². The van der Waals surface area contributed by atoms with Crippen LogP contribution in [0.2, 0.25) is 0 Å². The molecule has 1 N–H and O–H groups in total. The predicted octanol–water partition coefficient (Wildman–Crippen LogP) is 2.41. The van der Waals surface area contributed by atoms with E-state index in [-0.39, 0.29) is 22.9 Å². The second kappa shape index (κ2) is 6.79. The van der Waals surface area contributed by atoms with Gasteiger partial charge < -0.3 is 9.88 Å². The molecule has 29 heavy (non-hydrogen) atoms. The average molecular weight is 395 g/mol. The molecular weight excluding hydrogens is 373 g/mol. The third-order valence-electron chi connectivity index (χ3n) is 6.51. The van der Waals surface area contributed by atoms with Crippen LogP contribution < -0.4 is 15.9 Å². The van der Waals surface area contributed by atoms with Crippen LogP contribution in [-0.4, -0.2) is 38.8 Å². The van der Waals surface area contributed by atoms with Gasteiger partial charge in [-0.1, -0.05) is 0 Å². The maximum absolute atomic E-state index is 14.9. The van der Waals surface area contributed by atoms with E-state index in [1.165, 1.54) is 28.9 Å². The summed E-state index contributed by atoms with van der Waals surface area (Å²) in [5.41, 5.74) is 0.585. The van der Waals surface area contributed by atoms with Gasteiger partial charge in [-0.3, -0.25) is 14.0 Å². The molecule has 7 nitrogen and oxygen atoms in total. The number of nitrogens with one attached hydrogen (secondary N) is 1. The van der Waals surface area contributed by atoms with Crippen LogP contribution in [0.5, 0.6) is 0 Å². The quantitative estimate of drug-likeness (QED) is 0.736. The van der Waals surface area contributed by atoms with Crippen molar-refractivity contribution < 1.29 is 4.39 Å². The zero-order chi connectivity index (χ0) is 20.1. The molecule has 2 bridgehead atoms. The van der Waals surface area contributed by atoms with Gasteiger partial charge in [-0.2, -0.15) is 0 Å². The molecule has 3 aromatic rings. The number of rotatable bonds is 3. The first kappa shape index (κ1) is 18.0. The van der Waals surface area contributed by atoms with Gasteiger partial charge in [0.05, 0.1) is 17.3 Å². The van der Waals surface area contributed by atoms with Crippen LogP contribution in [-0.2, 0) is 0 Å². The normalized spacial score (nSPS) is 26.0. The van der Waals surface area contributed by atoms with Gasteiger partial charge in [0.15, 0.2) is 11.2 Å². The average Bonchev–Trinajstić information content (AvgIpc) is 3.14. The lowest BCUT2D eigenvalue weighted by atomic mass is 9.83. The lowest BCUT2D eigenvalue weighted by molar-refractivity contribution is 0.144. The molecule has 0 unspecified atom stereocenters. The van der Waals surface area contributed by atoms with Crippen LogP contribution in [0.3, 0.4) is 0 Å². The van der Waals surface area contributed by atoms with E-state index in [9.17, 15) is 14.0 Å². The standard InChI is InChI=1S/C21H22FN5O2/c1-26(16-9-12-2-3-13(8-12)21(16)22)18-5-4-15(24-25-18)14-11-27-19(10-17(14)28)23-7-6-20(27)29/h4-7,10-13,16,21,23H,2-3,8-9H2,1H3/t12-,13+,16+,21-/m1/s1. The van der Waals surface area contributed by atoms with Crippen LogP contribution in [0.4, 0.5) is 10.2 Å². The number of pyridine rings is 1. The van der Waals surface area contributed by atoms with Crippen LogP contribution >= 0.6 is 0 Å². The van der Waals surface area contributed by atoms with E-state index in [4.69, 9.17) is 0 Å². The predicted molar refractivity (Wildman–Crippen MR) is 108 cm³/mol. The van der Waals surface area contributed by atoms with Gasteiger partial charge in [0.1, 0.15) is 11.8 Å². The van der Waals surface area contributed by atoms with Crippen molar-refractivity contribution >= 4 is 11.5 Å². The highest BCUT2D eigenvalue weighted by Crippen LogP contribution is 2.45. The van der Waals surface area contributed by atoms with Crippen molar-refractivity contribution in [2.45, 2.75) is 37.9 Å². The van der Waals surface area contributed by atoms with Crippen molar-refractivity contribution in [3.63, 3.8) is 0 Å². The van der Waals surface area contributed by atoms with E-state index in [0.717, 1.165) is 25.7 Å². The lowest BCUT2D eigenvalue weighted by Gasteiger charge is -2.38. The summed E-state index contributed by atoms with van der Waals surface area (Å²) in [5, 5.41) is 8.46. The molecule has 0 aromatic carbocycles. The molecule has 2 aliphatic rings. The molecule has 2 saturated carbocycles. The number of halogens is 1. The second-order valence-corrected chi connectivity index (χ2v) is 8.20. The van der Waals surface area contributed by atoms with Gasteiger partial charge in [0.25, 0.3) is 5.56 Å². The highest BCUT2D eigenvalue weighted by molar-refractivity contribution is 5.61. The van der Waals surface area contributed by atoms with Crippen LogP contribution in [0, 0.1) is 11.8 Å². The van der Waals surface area contributed by atoms with E-state index in [1.807, 2.05) is 11.9 Å². The van der Waals surface area contributed by atoms with Crippen molar-refractivity contribution in [1.82, 2.24) is 19.6 Å². The molecule has 0 radical (unpaired) electrons. The molecule has 2 aliphatic carbocycles. The molecule has 150 valence electrons. The summed E-state index contributed by atoms with van der Waals surface area (Å²) in [5.74, 6) is 1.34.